The Morgan fingerprint density at radius 3 is 2.39 bits per heavy atom. The number of carbonyl (C=O) groups is 1. The van der Waals surface area contributed by atoms with Crippen LogP contribution in [-0.4, -0.2) is 48.7 Å². The molecule has 1 aliphatic rings. The van der Waals surface area contributed by atoms with Gasteiger partial charge in [0, 0.05) is 30.6 Å². The highest BCUT2D eigenvalue weighted by atomic mass is 16.5. The van der Waals surface area contributed by atoms with Crippen LogP contribution < -0.4 is 5.32 Å². The van der Waals surface area contributed by atoms with Crippen molar-refractivity contribution in [2.75, 3.05) is 26.2 Å². The van der Waals surface area contributed by atoms with Crippen molar-refractivity contribution in [2.45, 2.75) is 53.2 Å². The molecular weight excluding hydrogens is 228 g/mol. The van der Waals surface area contributed by atoms with Crippen LogP contribution in [0.1, 0.15) is 41.5 Å². The molecule has 1 saturated heterocycles. The fourth-order valence-corrected chi connectivity index (χ4v) is 1.92. The third-order valence-electron chi connectivity index (χ3n) is 2.93. The lowest BCUT2D eigenvalue weighted by Gasteiger charge is -2.37. The summed E-state index contributed by atoms with van der Waals surface area (Å²) in [5.74, 6) is 0.214. The van der Waals surface area contributed by atoms with Gasteiger partial charge in [0.1, 0.15) is 0 Å². The summed E-state index contributed by atoms with van der Waals surface area (Å²) < 4.78 is 5.71. The van der Waals surface area contributed by atoms with Gasteiger partial charge in [-0.05, 0) is 20.8 Å². The van der Waals surface area contributed by atoms with Crippen molar-refractivity contribution in [2.24, 2.45) is 5.41 Å². The molecule has 4 heteroatoms. The molecule has 0 unspecified atom stereocenters. The highest BCUT2D eigenvalue weighted by molar-refractivity contribution is 5.81. The van der Waals surface area contributed by atoms with Gasteiger partial charge in [0.2, 0.25) is 5.91 Å². The summed E-state index contributed by atoms with van der Waals surface area (Å²) in [6, 6.07) is 0. The lowest BCUT2D eigenvalue weighted by atomic mass is 9.94. The first kappa shape index (κ1) is 15.4. The van der Waals surface area contributed by atoms with Gasteiger partial charge in [0.25, 0.3) is 0 Å². The molecule has 0 bridgehead atoms. The Labute approximate surface area is 111 Å². The molecule has 4 nitrogen and oxygen atoms in total. The predicted molar refractivity (Wildman–Crippen MR) is 73.5 cm³/mol. The number of hydrogen-bond acceptors (Lipinski definition) is 3. The molecule has 106 valence electrons. The molecule has 1 heterocycles. The molecule has 18 heavy (non-hydrogen) atoms. The average Bonchev–Trinajstić information content (AvgIpc) is 2.23. The van der Waals surface area contributed by atoms with Gasteiger partial charge in [-0.15, -0.1) is 0 Å². The zero-order chi connectivity index (χ0) is 14.0. The smallest absolute Gasteiger partial charge is 0.228 e. The maximum Gasteiger partial charge on any atom is 0.228 e. The Morgan fingerprint density at radius 2 is 1.89 bits per heavy atom. The van der Waals surface area contributed by atoms with Gasteiger partial charge < -0.3 is 15.0 Å². The van der Waals surface area contributed by atoms with Crippen LogP contribution in [0.4, 0.5) is 0 Å². The Morgan fingerprint density at radius 1 is 1.28 bits per heavy atom. The fraction of sp³-hybridized carbons (Fsp3) is 0.929. The van der Waals surface area contributed by atoms with Gasteiger partial charge in [0.05, 0.1) is 12.7 Å². The molecule has 0 aromatic carbocycles. The van der Waals surface area contributed by atoms with Crippen molar-refractivity contribution < 1.29 is 9.53 Å². The van der Waals surface area contributed by atoms with Crippen molar-refractivity contribution in [3.63, 3.8) is 0 Å². The van der Waals surface area contributed by atoms with E-state index in [1.165, 1.54) is 0 Å². The third-order valence-corrected chi connectivity index (χ3v) is 2.93. The summed E-state index contributed by atoms with van der Waals surface area (Å²) in [6.45, 7) is 15.1. The van der Waals surface area contributed by atoms with Crippen molar-refractivity contribution >= 4 is 5.91 Å². The van der Waals surface area contributed by atoms with E-state index in [2.05, 4.69) is 26.1 Å². The summed E-state index contributed by atoms with van der Waals surface area (Å²) in [4.78, 5) is 14.1. The van der Waals surface area contributed by atoms with Gasteiger partial charge >= 0.3 is 0 Å². The summed E-state index contributed by atoms with van der Waals surface area (Å²) >= 11 is 0. The number of amides is 1. The summed E-state index contributed by atoms with van der Waals surface area (Å²) in [7, 11) is 0. The topological polar surface area (TPSA) is 41.6 Å². The van der Waals surface area contributed by atoms with Crippen molar-refractivity contribution in [1.29, 1.82) is 0 Å². The maximum absolute atomic E-state index is 12.2. The molecule has 1 amide bonds. The highest BCUT2D eigenvalue weighted by Gasteiger charge is 2.31. The Kier molecular flexibility index (Phi) is 4.78. The van der Waals surface area contributed by atoms with E-state index in [-0.39, 0.29) is 23.0 Å². The maximum atomic E-state index is 12.2. The molecule has 1 N–H and O–H groups in total. The van der Waals surface area contributed by atoms with E-state index in [1.54, 1.807) is 0 Å². The van der Waals surface area contributed by atoms with E-state index in [0.717, 1.165) is 6.54 Å². The van der Waals surface area contributed by atoms with E-state index >= 15 is 0 Å². The molecule has 1 fully saturated rings. The number of rotatable bonds is 2. The van der Waals surface area contributed by atoms with Crippen LogP contribution >= 0.6 is 0 Å². The number of ether oxygens (including phenoxy) is 1. The van der Waals surface area contributed by atoms with E-state index in [4.69, 9.17) is 4.74 Å². The zero-order valence-corrected chi connectivity index (χ0v) is 12.7. The van der Waals surface area contributed by atoms with Crippen LogP contribution in [0.5, 0.6) is 0 Å². The number of hydrogen-bond donors (Lipinski definition) is 1. The molecule has 1 rings (SSSR count). The van der Waals surface area contributed by atoms with E-state index in [9.17, 15) is 4.79 Å². The summed E-state index contributed by atoms with van der Waals surface area (Å²) in [5, 5.41) is 3.43. The van der Waals surface area contributed by atoms with Gasteiger partial charge in [-0.1, -0.05) is 20.8 Å². The van der Waals surface area contributed by atoms with E-state index < -0.39 is 0 Å². The fourth-order valence-electron chi connectivity index (χ4n) is 1.92. The summed E-state index contributed by atoms with van der Waals surface area (Å²) in [5.41, 5.74) is -0.223. The second kappa shape index (κ2) is 5.57. The molecule has 1 aliphatic heterocycles. The second-order valence-electron chi connectivity index (χ2n) is 7.12. The minimum atomic E-state index is -0.306. The minimum Gasteiger partial charge on any atom is -0.373 e. The molecule has 0 aromatic rings. The Balaban J connectivity index is 2.49. The number of nitrogens with one attached hydrogen (secondary N) is 1. The molecule has 0 saturated carbocycles. The van der Waals surface area contributed by atoms with Crippen LogP contribution in [0.15, 0.2) is 0 Å². The first-order valence-electron chi connectivity index (χ1n) is 6.75. The van der Waals surface area contributed by atoms with Crippen molar-refractivity contribution in [3.05, 3.63) is 0 Å². The first-order valence-corrected chi connectivity index (χ1v) is 6.75. The van der Waals surface area contributed by atoms with Gasteiger partial charge in [0.15, 0.2) is 0 Å². The largest absolute Gasteiger partial charge is 0.373 e. The molecule has 0 radical (unpaired) electrons. The van der Waals surface area contributed by atoms with Gasteiger partial charge in [-0.3, -0.25) is 4.79 Å². The monoisotopic (exact) mass is 256 g/mol. The number of nitrogens with zero attached hydrogens (tertiary/aromatic N) is 1. The third kappa shape index (κ3) is 4.94. The van der Waals surface area contributed by atoms with Gasteiger partial charge in [-0.25, -0.2) is 0 Å². The van der Waals surface area contributed by atoms with E-state index in [1.807, 2.05) is 25.7 Å². The standard InChI is InChI=1S/C14H28N2O2/c1-13(2,3)12(17)16-7-8-18-11(10-16)9-15-14(4,5)6/h11,15H,7-10H2,1-6H3/t11-/m0/s1. The molecule has 1 atom stereocenters. The van der Waals surface area contributed by atoms with Crippen molar-refractivity contribution in [3.8, 4) is 0 Å². The summed E-state index contributed by atoms with van der Waals surface area (Å²) in [6.07, 6.45) is 0.101. The van der Waals surface area contributed by atoms with E-state index in [0.29, 0.717) is 19.7 Å². The SMILES string of the molecule is CC(C)(C)NC[C@H]1CN(C(=O)C(C)(C)C)CCO1. The molecule has 0 aliphatic carbocycles. The lowest BCUT2D eigenvalue weighted by molar-refractivity contribution is -0.146. The number of morpholine rings is 1. The van der Waals surface area contributed by atoms with Crippen LogP contribution in [0.25, 0.3) is 0 Å². The highest BCUT2D eigenvalue weighted by Crippen LogP contribution is 2.19. The average molecular weight is 256 g/mol. The zero-order valence-electron chi connectivity index (χ0n) is 12.7. The van der Waals surface area contributed by atoms with Crippen LogP contribution in [0, 0.1) is 5.41 Å². The van der Waals surface area contributed by atoms with Crippen LogP contribution in [0.3, 0.4) is 0 Å². The minimum absolute atomic E-state index is 0.0830. The predicted octanol–water partition coefficient (Wildman–Crippen LogP) is 1.65. The van der Waals surface area contributed by atoms with Crippen molar-refractivity contribution in [1.82, 2.24) is 10.2 Å². The lowest BCUT2D eigenvalue weighted by Crippen LogP contribution is -2.53. The molecule has 0 aromatic heterocycles. The van der Waals surface area contributed by atoms with Gasteiger partial charge in [-0.2, -0.15) is 0 Å². The normalized spacial score (nSPS) is 22.1. The number of carbonyl (C=O) groups excluding carboxylic acids is 1. The van der Waals surface area contributed by atoms with Crippen LogP contribution in [0.2, 0.25) is 0 Å². The molecule has 0 spiro atoms. The quantitative estimate of drug-likeness (QED) is 0.817. The first-order chi connectivity index (χ1) is 8.09. The van der Waals surface area contributed by atoms with Crippen LogP contribution in [-0.2, 0) is 9.53 Å². The second-order valence-corrected chi connectivity index (χ2v) is 7.12. The Hall–Kier alpha value is -0.610. The Bertz CT molecular complexity index is 289. The molecular formula is C14H28N2O2.